The Morgan fingerprint density at radius 1 is 1.31 bits per heavy atom. The molecule has 2 atom stereocenters. The highest BCUT2D eigenvalue weighted by Gasteiger charge is 2.34. The van der Waals surface area contributed by atoms with Gasteiger partial charge in [0.25, 0.3) is 0 Å². The van der Waals surface area contributed by atoms with Crippen molar-refractivity contribution in [1.29, 1.82) is 0 Å². The number of rotatable bonds is 0. The summed E-state index contributed by atoms with van der Waals surface area (Å²) in [5, 5.41) is 10.1. The molecule has 2 nitrogen and oxygen atoms in total. The van der Waals surface area contributed by atoms with Gasteiger partial charge in [-0.1, -0.05) is 33.9 Å². The van der Waals surface area contributed by atoms with E-state index in [1.165, 1.54) is 0 Å². The Morgan fingerprint density at radius 3 is 2.44 bits per heavy atom. The Hall–Kier alpha value is -0.303. The molecule has 0 unspecified atom stereocenters. The maximum Gasteiger partial charge on any atom is 0.137 e. The molecule has 92 valence electrons. The van der Waals surface area contributed by atoms with Gasteiger partial charge in [0, 0.05) is 6.61 Å². The molecule has 0 spiro atoms. The zero-order valence-electron chi connectivity index (χ0n) is 11.1. The molecule has 0 radical (unpaired) electrons. The number of hydrogen-bond acceptors (Lipinski definition) is 2. The third-order valence-electron chi connectivity index (χ3n) is 3.76. The molecular formula is C13H24O2Si. The average Bonchev–Trinajstić information content (AvgIpc) is 2.15. The van der Waals surface area contributed by atoms with Crippen LogP contribution in [0.2, 0.25) is 18.1 Å². The third-order valence-corrected chi connectivity index (χ3v) is 8.28. The smallest absolute Gasteiger partial charge is 0.137 e. The minimum atomic E-state index is -1.55. The van der Waals surface area contributed by atoms with E-state index in [9.17, 15) is 5.11 Å². The molecule has 3 heteroatoms. The van der Waals surface area contributed by atoms with Crippen molar-refractivity contribution in [2.24, 2.45) is 5.92 Å². The third kappa shape index (κ3) is 3.34. The lowest BCUT2D eigenvalue weighted by Crippen LogP contribution is -2.37. The van der Waals surface area contributed by atoms with E-state index in [4.69, 9.17) is 4.74 Å². The van der Waals surface area contributed by atoms with E-state index in [0.29, 0.717) is 13.2 Å². The molecule has 16 heavy (non-hydrogen) atoms. The molecule has 0 amide bonds. The van der Waals surface area contributed by atoms with Gasteiger partial charge in [0.15, 0.2) is 0 Å². The van der Waals surface area contributed by atoms with Gasteiger partial charge < -0.3 is 9.84 Å². The summed E-state index contributed by atoms with van der Waals surface area (Å²) in [5.74, 6) is 3.27. The van der Waals surface area contributed by atoms with Gasteiger partial charge in [-0.05, 0) is 11.5 Å². The summed E-state index contributed by atoms with van der Waals surface area (Å²) in [7, 11) is -1.55. The Labute approximate surface area is 100 Å². The summed E-state index contributed by atoms with van der Waals surface area (Å²) in [6.07, 6.45) is 0.419. The van der Waals surface area contributed by atoms with E-state index in [2.05, 4.69) is 45.3 Å². The van der Waals surface area contributed by atoms with Crippen molar-refractivity contribution >= 4 is 8.07 Å². The summed E-state index contributed by atoms with van der Waals surface area (Å²) in [4.78, 5) is 0. The first kappa shape index (κ1) is 13.8. The van der Waals surface area contributed by atoms with Gasteiger partial charge in [-0.2, -0.15) is 0 Å². The highest BCUT2D eigenvalue weighted by Crippen LogP contribution is 2.35. The zero-order valence-corrected chi connectivity index (χ0v) is 12.1. The predicted octanol–water partition coefficient (Wildman–Crippen LogP) is 2.43. The van der Waals surface area contributed by atoms with E-state index in [-0.39, 0.29) is 17.1 Å². The molecule has 0 aliphatic carbocycles. The molecule has 1 saturated heterocycles. The highest BCUT2D eigenvalue weighted by molar-refractivity contribution is 6.87. The van der Waals surface area contributed by atoms with E-state index in [1.54, 1.807) is 0 Å². The van der Waals surface area contributed by atoms with Crippen LogP contribution in [0.5, 0.6) is 0 Å². The summed E-state index contributed by atoms with van der Waals surface area (Å²) in [6, 6.07) is 0. The van der Waals surface area contributed by atoms with Crippen LogP contribution in [0.15, 0.2) is 0 Å². The van der Waals surface area contributed by atoms with Crippen molar-refractivity contribution in [3.8, 4) is 11.5 Å². The second-order valence-corrected chi connectivity index (χ2v) is 11.2. The summed E-state index contributed by atoms with van der Waals surface area (Å²) in [6.45, 7) is 12.6. The fourth-order valence-electron chi connectivity index (χ4n) is 1.33. The zero-order chi connectivity index (χ0) is 12.4. The molecule has 0 aromatic heterocycles. The number of hydrogen-bond donors (Lipinski definition) is 1. The summed E-state index contributed by atoms with van der Waals surface area (Å²) < 4.78 is 5.36. The topological polar surface area (TPSA) is 29.5 Å². The maximum absolute atomic E-state index is 9.80. The van der Waals surface area contributed by atoms with Crippen molar-refractivity contribution in [3.63, 3.8) is 0 Å². The number of ether oxygens (including phenoxy) is 1. The fraction of sp³-hybridized carbons (Fsp3) is 0.846. The second-order valence-electron chi connectivity index (χ2n) is 6.18. The molecule has 0 aromatic carbocycles. The van der Waals surface area contributed by atoms with Crippen molar-refractivity contribution < 1.29 is 9.84 Å². The van der Waals surface area contributed by atoms with Crippen LogP contribution in [-0.4, -0.2) is 32.5 Å². The SMILES string of the molecule is CC(C)(C)[Si](C)(C)C#C[C@H]1COCC[C@@H]1O. The minimum Gasteiger partial charge on any atom is -0.392 e. The van der Waals surface area contributed by atoms with Crippen LogP contribution in [0.3, 0.4) is 0 Å². The first-order valence-electron chi connectivity index (χ1n) is 6.02. The largest absolute Gasteiger partial charge is 0.392 e. The average molecular weight is 240 g/mol. The van der Waals surface area contributed by atoms with Crippen LogP contribution in [0.25, 0.3) is 0 Å². The van der Waals surface area contributed by atoms with Crippen LogP contribution in [-0.2, 0) is 4.74 Å². The quantitative estimate of drug-likeness (QED) is 0.520. The molecule has 1 N–H and O–H groups in total. The van der Waals surface area contributed by atoms with Gasteiger partial charge in [-0.15, -0.1) is 11.5 Å². The highest BCUT2D eigenvalue weighted by atomic mass is 28.3. The van der Waals surface area contributed by atoms with E-state index in [1.807, 2.05) is 0 Å². The fourth-order valence-corrected chi connectivity index (χ4v) is 2.25. The van der Waals surface area contributed by atoms with Crippen molar-refractivity contribution in [2.75, 3.05) is 13.2 Å². The number of aliphatic hydroxyl groups excluding tert-OH is 1. The molecule has 0 saturated carbocycles. The van der Waals surface area contributed by atoms with Crippen LogP contribution >= 0.6 is 0 Å². The lowest BCUT2D eigenvalue weighted by Gasteiger charge is -2.32. The first-order chi connectivity index (χ1) is 7.24. The molecule has 1 heterocycles. The van der Waals surface area contributed by atoms with Crippen molar-refractivity contribution in [1.82, 2.24) is 0 Å². The van der Waals surface area contributed by atoms with Crippen LogP contribution < -0.4 is 0 Å². The van der Waals surface area contributed by atoms with Crippen molar-refractivity contribution in [2.45, 2.75) is 51.4 Å². The summed E-state index contributed by atoms with van der Waals surface area (Å²) in [5.41, 5.74) is 3.45. The molecule has 1 aliphatic heterocycles. The van der Waals surface area contributed by atoms with Gasteiger partial charge >= 0.3 is 0 Å². The minimum absolute atomic E-state index is 0.0166. The van der Waals surface area contributed by atoms with Gasteiger partial charge in [-0.3, -0.25) is 0 Å². The lowest BCUT2D eigenvalue weighted by molar-refractivity contribution is -0.0142. The number of aliphatic hydroxyl groups is 1. The van der Waals surface area contributed by atoms with E-state index < -0.39 is 8.07 Å². The molecule has 1 rings (SSSR count). The van der Waals surface area contributed by atoms with Gasteiger partial charge in [-0.25, -0.2) is 0 Å². The Balaban J connectivity index is 2.72. The molecule has 1 aliphatic rings. The van der Waals surface area contributed by atoms with Gasteiger partial charge in [0.1, 0.15) is 8.07 Å². The Bertz CT molecular complexity index is 293. The van der Waals surface area contributed by atoms with Crippen LogP contribution in [0.1, 0.15) is 27.2 Å². The Kier molecular flexibility index (Phi) is 4.22. The Morgan fingerprint density at radius 2 is 1.94 bits per heavy atom. The normalized spacial score (nSPS) is 27.1. The molecule has 1 fully saturated rings. The van der Waals surface area contributed by atoms with E-state index in [0.717, 1.165) is 6.42 Å². The van der Waals surface area contributed by atoms with Gasteiger partial charge in [0.2, 0.25) is 0 Å². The van der Waals surface area contributed by atoms with Crippen LogP contribution in [0, 0.1) is 17.4 Å². The molecule has 0 bridgehead atoms. The van der Waals surface area contributed by atoms with Gasteiger partial charge in [0.05, 0.1) is 18.6 Å². The molecule has 0 aromatic rings. The standard InChI is InChI=1S/C13H24O2Si/c1-13(2,3)16(4,5)9-7-11-10-15-8-6-12(11)14/h11-12,14H,6,8,10H2,1-5H3/t11-,12-/m0/s1. The monoisotopic (exact) mass is 240 g/mol. The van der Waals surface area contributed by atoms with Crippen LogP contribution in [0.4, 0.5) is 0 Å². The van der Waals surface area contributed by atoms with Crippen molar-refractivity contribution in [3.05, 3.63) is 0 Å². The lowest BCUT2D eigenvalue weighted by atomic mass is 10.0. The second kappa shape index (κ2) is 4.91. The molecular weight excluding hydrogens is 216 g/mol. The first-order valence-corrected chi connectivity index (χ1v) is 9.02. The summed E-state index contributed by atoms with van der Waals surface area (Å²) >= 11 is 0. The predicted molar refractivity (Wildman–Crippen MR) is 69.9 cm³/mol. The van der Waals surface area contributed by atoms with E-state index >= 15 is 0 Å². The maximum atomic E-state index is 9.80.